The summed E-state index contributed by atoms with van der Waals surface area (Å²) in [6, 6.07) is 4.99. The summed E-state index contributed by atoms with van der Waals surface area (Å²) in [4.78, 5) is 29.9. The van der Waals surface area contributed by atoms with Gasteiger partial charge in [0.25, 0.3) is 11.8 Å². The first-order valence-electron chi connectivity index (χ1n) is 7.62. The monoisotopic (exact) mass is 314 g/mol. The van der Waals surface area contributed by atoms with Crippen molar-refractivity contribution in [2.45, 2.75) is 12.8 Å². The lowest BCUT2D eigenvalue weighted by molar-refractivity contribution is 0.0683. The van der Waals surface area contributed by atoms with Gasteiger partial charge in [0.1, 0.15) is 0 Å². The van der Waals surface area contributed by atoms with Gasteiger partial charge in [-0.3, -0.25) is 14.6 Å². The van der Waals surface area contributed by atoms with Crippen molar-refractivity contribution in [1.82, 2.24) is 20.4 Å². The van der Waals surface area contributed by atoms with Gasteiger partial charge in [-0.1, -0.05) is 5.16 Å². The molecule has 0 saturated carbocycles. The van der Waals surface area contributed by atoms with E-state index in [-0.39, 0.29) is 17.6 Å². The predicted octanol–water partition coefficient (Wildman–Crippen LogP) is 1.35. The topological polar surface area (TPSA) is 88.3 Å². The Labute approximate surface area is 133 Å². The fourth-order valence-corrected chi connectivity index (χ4v) is 2.67. The summed E-state index contributed by atoms with van der Waals surface area (Å²) in [7, 11) is 0. The van der Waals surface area contributed by atoms with E-state index < -0.39 is 0 Å². The second-order valence-corrected chi connectivity index (χ2v) is 5.56. The molecule has 7 nitrogen and oxygen atoms in total. The molecule has 1 aliphatic heterocycles. The summed E-state index contributed by atoms with van der Waals surface area (Å²) >= 11 is 0. The Hall–Kier alpha value is -2.70. The van der Waals surface area contributed by atoms with Crippen LogP contribution in [0.1, 0.15) is 33.8 Å². The third-order valence-corrected chi connectivity index (χ3v) is 4.04. The van der Waals surface area contributed by atoms with Gasteiger partial charge >= 0.3 is 0 Å². The van der Waals surface area contributed by atoms with Crippen LogP contribution in [0.2, 0.25) is 0 Å². The standard InChI is InChI=1S/C16H18N4O3/c21-15(14-3-8-19-23-14)18-11-12-4-9-20(10-5-12)16(22)13-1-6-17-7-2-13/h1-3,6-8,12H,4-5,9-11H2,(H,18,21). The zero-order chi connectivity index (χ0) is 16.1. The van der Waals surface area contributed by atoms with E-state index in [1.54, 1.807) is 24.5 Å². The molecule has 2 amide bonds. The summed E-state index contributed by atoms with van der Waals surface area (Å²) < 4.78 is 4.81. The van der Waals surface area contributed by atoms with Crippen molar-refractivity contribution in [1.29, 1.82) is 0 Å². The minimum absolute atomic E-state index is 0.0385. The highest BCUT2D eigenvalue weighted by atomic mass is 16.5. The molecular formula is C16H18N4O3. The van der Waals surface area contributed by atoms with Gasteiger partial charge in [0.2, 0.25) is 5.76 Å². The van der Waals surface area contributed by atoms with Crippen LogP contribution in [0, 0.1) is 5.92 Å². The van der Waals surface area contributed by atoms with Crippen molar-refractivity contribution in [3.05, 3.63) is 48.1 Å². The lowest BCUT2D eigenvalue weighted by Crippen LogP contribution is -2.41. The van der Waals surface area contributed by atoms with E-state index in [1.807, 2.05) is 4.90 Å². The van der Waals surface area contributed by atoms with E-state index in [0.29, 0.717) is 31.1 Å². The van der Waals surface area contributed by atoms with Crippen LogP contribution < -0.4 is 5.32 Å². The Kier molecular flexibility index (Phi) is 4.65. The molecular weight excluding hydrogens is 296 g/mol. The van der Waals surface area contributed by atoms with Gasteiger partial charge in [-0.15, -0.1) is 0 Å². The van der Waals surface area contributed by atoms with Crippen molar-refractivity contribution in [3.8, 4) is 0 Å². The van der Waals surface area contributed by atoms with Crippen LogP contribution in [-0.2, 0) is 0 Å². The van der Waals surface area contributed by atoms with Crippen LogP contribution >= 0.6 is 0 Å². The maximum absolute atomic E-state index is 12.3. The number of pyridine rings is 1. The molecule has 7 heteroatoms. The van der Waals surface area contributed by atoms with E-state index >= 15 is 0 Å². The third kappa shape index (κ3) is 3.74. The van der Waals surface area contributed by atoms with E-state index in [9.17, 15) is 9.59 Å². The Morgan fingerprint density at radius 1 is 1.17 bits per heavy atom. The van der Waals surface area contributed by atoms with E-state index in [0.717, 1.165) is 12.8 Å². The quantitative estimate of drug-likeness (QED) is 0.920. The molecule has 0 bridgehead atoms. The smallest absolute Gasteiger partial charge is 0.289 e. The number of hydrogen-bond donors (Lipinski definition) is 1. The average Bonchev–Trinajstić information content (AvgIpc) is 3.15. The molecule has 0 radical (unpaired) electrons. The summed E-state index contributed by atoms with van der Waals surface area (Å²) in [5.74, 6) is 0.369. The van der Waals surface area contributed by atoms with Crippen LogP contribution in [-0.4, -0.2) is 46.5 Å². The number of rotatable bonds is 4. The van der Waals surface area contributed by atoms with Crippen LogP contribution in [0.25, 0.3) is 0 Å². The molecule has 0 atom stereocenters. The second-order valence-electron chi connectivity index (χ2n) is 5.56. The number of amides is 2. The van der Waals surface area contributed by atoms with Crippen molar-refractivity contribution in [3.63, 3.8) is 0 Å². The molecule has 0 unspecified atom stereocenters. The Bertz CT molecular complexity index is 649. The van der Waals surface area contributed by atoms with Crippen molar-refractivity contribution in [2.75, 3.05) is 19.6 Å². The summed E-state index contributed by atoms with van der Waals surface area (Å²) in [6.07, 6.45) is 6.43. The van der Waals surface area contributed by atoms with E-state index in [2.05, 4.69) is 15.5 Å². The Morgan fingerprint density at radius 3 is 2.57 bits per heavy atom. The number of piperidine rings is 1. The molecule has 0 aliphatic carbocycles. The molecule has 0 spiro atoms. The van der Waals surface area contributed by atoms with Gasteiger partial charge in [-0.25, -0.2) is 0 Å². The van der Waals surface area contributed by atoms with Crippen LogP contribution in [0.15, 0.2) is 41.3 Å². The normalized spacial score (nSPS) is 15.4. The molecule has 0 aromatic carbocycles. The molecule has 1 aliphatic rings. The summed E-state index contributed by atoms with van der Waals surface area (Å²) in [5, 5.41) is 6.36. The Morgan fingerprint density at radius 2 is 1.91 bits per heavy atom. The highest BCUT2D eigenvalue weighted by molar-refractivity contribution is 5.94. The minimum atomic E-state index is -0.252. The zero-order valence-corrected chi connectivity index (χ0v) is 12.6. The van der Waals surface area contributed by atoms with Gasteiger partial charge in [-0.05, 0) is 30.9 Å². The molecule has 1 saturated heterocycles. The second kappa shape index (κ2) is 7.04. The van der Waals surface area contributed by atoms with Gasteiger partial charge in [0, 0.05) is 43.7 Å². The van der Waals surface area contributed by atoms with Gasteiger partial charge < -0.3 is 14.7 Å². The maximum Gasteiger partial charge on any atom is 0.289 e. The average molecular weight is 314 g/mol. The van der Waals surface area contributed by atoms with E-state index in [4.69, 9.17) is 4.52 Å². The molecule has 1 N–H and O–H groups in total. The number of nitrogens with one attached hydrogen (secondary N) is 1. The lowest BCUT2D eigenvalue weighted by Gasteiger charge is -2.32. The number of nitrogens with zero attached hydrogens (tertiary/aromatic N) is 3. The Balaban J connectivity index is 1.45. The summed E-state index contributed by atoms with van der Waals surface area (Å²) in [6.45, 7) is 1.98. The fourth-order valence-electron chi connectivity index (χ4n) is 2.67. The number of hydrogen-bond acceptors (Lipinski definition) is 5. The first-order valence-corrected chi connectivity index (χ1v) is 7.62. The predicted molar refractivity (Wildman–Crippen MR) is 81.7 cm³/mol. The molecule has 3 rings (SSSR count). The number of carbonyl (C=O) groups is 2. The molecule has 3 heterocycles. The molecule has 2 aromatic heterocycles. The van der Waals surface area contributed by atoms with Crippen LogP contribution in [0.3, 0.4) is 0 Å². The van der Waals surface area contributed by atoms with E-state index in [1.165, 1.54) is 12.3 Å². The first-order chi connectivity index (χ1) is 11.2. The van der Waals surface area contributed by atoms with Gasteiger partial charge in [0.15, 0.2) is 0 Å². The number of likely N-dealkylation sites (tertiary alicyclic amines) is 1. The highest BCUT2D eigenvalue weighted by Gasteiger charge is 2.24. The SMILES string of the molecule is O=C(NCC1CCN(C(=O)c2ccncc2)CC1)c1ccno1. The van der Waals surface area contributed by atoms with Gasteiger partial charge in [-0.2, -0.15) is 0 Å². The molecule has 120 valence electrons. The first kappa shape index (κ1) is 15.2. The molecule has 1 fully saturated rings. The van der Waals surface area contributed by atoms with Crippen molar-refractivity contribution < 1.29 is 14.1 Å². The molecule has 2 aromatic rings. The molecule has 23 heavy (non-hydrogen) atoms. The maximum atomic E-state index is 12.3. The summed E-state index contributed by atoms with van der Waals surface area (Å²) in [5.41, 5.74) is 0.664. The number of aromatic nitrogens is 2. The van der Waals surface area contributed by atoms with Gasteiger partial charge in [0.05, 0.1) is 6.20 Å². The van der Waals surface area contributed by atoms with Crippen LogP contribution in [0.4, 0.5) is 0 Å². The zero-order valence-electron chi connectivity index (χ0n) is 12.6. The largest absolute Gasteiger partial charge is 0.351 e. The van der Waals surface area contributed by atoms with Crippen LogP contribution in [0.5, 0.6) is 0 Å². The van der Waals surface area contributed by atoms with Crippen molar-refractivity contribution >= 4 is 11.8 Å². The third-order valence-electron chi connectivity index (χ3n) is 4.04. The van der Waals surface area contributed by atoms with Crippen molar-refractivity contribution in [2.24, 2.45) is 5.92 Å². The minimum Gasteiger partial charge on any atom is -0.351 e. The highest BCUT2D eigenvalue weighted by Crippen LogP contribution is 2.18. The lowest BCUT2D eigenvalue weighted by atomic mass is 9.96. The number of carbonyl (C=O) groups excluding carboxylic acids is 2. The fraction of sp³-hybridized carbons (Fsp3) is 0.375.